The first-order valence-electron chi connectivity index (χ1n) is 9.42. The third-order valence-corrected chi connectivity index (χ3v) is 6.11. The highest BCUT2D eigenvalue weighted by Gasteiger charge is 2.55. The number of ether oxygens (including phenoxy) is 1. The molecule has 2 aromatic carbocycles. The third-order valence-electron chi connectivity index (χ3n) is 6.11. The van der Waals surface area contributed by atoms with E-state index >= 15 is 0 Å². The molecular weight excluding hydrogens is 367 g/mol. The highest BCUT2D eigenvalue weighted by Crippen LogP contribution is 2.52. The number of rotatable bonds is 5. The molecule has 0 bridgehead atoms. The van der Waals surface area contributed by atoms with E-state index in [2.05, 4.69) is 15.5 Å². The van der Waals surface area contributed by atoms with E-state index in [-0.39, 0.29) is 12.5 Å². The predicted molar refractivity (Wildman–Crippen MR) is 98.3 cm³/mol. The number of piperidine rings is 1. The van der Waals surface area contributed by atoms with E-state index in [9.17, 15) is 13.2 Å². The average molecular weight is 387 g/mol. The monoisotopic (exact) mass is 387 g/mol. The number of halogens is 3. The molecule has 146 valence electrons. The number of hydrogen-bond donors (Lipinski definition) is 0. The van der Waals surface area contributed by atoms with Gasteiger partial charge < -0.3 is 9.30 Å². The molecule has 1 saturated carbocycles. The average Bonchev–Trinajstić information content (AvgIpc) is 3.00. The van der Waals surface area contributed by atoms with E-state index in [0.717, 1.165) is 48.6 Å². The fourth-order valence-electron chi connectivity index (χ4n) is 4.47. The van der Waals surface area contributed by atoms with Gasteiger partial charge in [-0.3, -0.25) is 4.90 Å². The van der Waals surface area contributed by atoms with Crippen molar-refractivity contribution in [3.8, 4) is 5.75 Å². The molecule has 0 amide bonds. The van der Waals surface area contributed by atoms with Gasteiger partial charge >= 0.3 is 0 Å². The van der Waals surface area contributed by atoms with E-state index in [0.29, 0.717) is 11.8 Å². The third kappa shape index (κ3) is 2.85. The van der Waals surface area contributed by atoms with Crippen LogP contribution in [0, 0.1) is 35.2 Å². The molecule has 0 radical (unpaired) electrons. The van der Waals surface area contributed by atoms with Gasteiger partial charge in [-0.2, -0.15) is 4.39 Å². The van der Waals surface area contributed by atoms with Crippen LogP contribution in [0.2, 0.25) is 0 Å². The number of hydrogen-bond acceptors (Lipinski definition) is 3. The molecule has 5 rings (SSSR count). The van der Waals surface area contributed by atoms with Crippen LogP contribution in [0.15, 0.2) is 36.4 Å². The lowest BCUT2D eigenvalue weighted by molar-refractivity contribution is 0.214. The summed E-state index contributed by atoms with van der Waals surface area (Å²) >= 11 is 0. The molecule has 28 heavy (non-hydrogen) atoms. The Labute approximate surface area is 160 Å². The summed E-state index contributed by atoms with van der Waals surface area (Å²) in [6.45, 7) is 2.82. The molecule has 0 N–H and O–H groups in total. The highest BCUT2D eigenvalue weighted by molar-refractivity contribution is 5.75. The SMILES string of the molecule is Cn1c(CN2CC3C(COc4c(F)ccc(F)c4F)C3C2)nc2ccccc21. The number of fused-ring (bicyclic) bond motifs is 2. The molecule has 4 nitrogen and oxygen atoms in total. The predicted octanol–water partition coefficient (Wildman–Crippen LogP) is 3.75. The number of aromatic nitrogens is 2. The Morgan fingerprint density at radius 2 is 1.75 bits per heavy atom. The van der Waals surface area contributed by atoms with Gasteiger partial charge in [-0.05, 0) is 36.1 Å². The smallest absolute Gasteiger partial charge is 0.203 e. The fourth-order valence-corrected chi connectivity index (χ4v) is 4.47. The second kappa shape index (κ2) is 6.51. The van der Waals surface area contributed by atoms with Crippen LogP contribution in [0.25, 0.3) is 11.0 Å². The molecule has 1 aromatic heterocycles. The van der Waals surface area contributed by atoms with Crippen LogP contribution in [0.4, 0.5) is 13.2 Å². The maximum absolute atomic E-state index is 13.7. The largest absolute Gasteiger partial charge is 0.487 e. The van der Waals surface area contributed by atoms with Crippen molar-refractivity contribution in [1.82, 2.24) is 14.5 Å². The maximum Gasteiger partial charge on any atom is 0.203 e. The van der Waals surface area contributed by atoms with E-state index in [1.807, 2.05) is 25.2 Å². The first-order chi connectivity index (χ1) is 13.5. The molecule has 7 heteroatoms. The van der Waals surface area contributed by atoms with Crippen molar-refractivity contribution in [3.05, 3.63) is 59.7 Å². The number of likely N-dealkylation sites (tertiary alicyclic amines) is 1. The minimum absolute atomic E-state index is 0.215. The number of nitrogens with zero attached hydrogens (tertiary/aromatic N) is 3. The van der Waals surface area contributed by atoms with Crippen LogP contribution in [0.5, 0.6) is 5.75 Å². The summed E-state index contributed by atoms with van der Waals surface area (Å²) in [6, 6.07) is 9.72. The molecule has 2 fully saturated rings. The molecule has 0 spiro atoms. The van der Waals surface area contributed by atoms with Crippen LogP contribution in [0.1, 0.15) is 5.82 Å². The summed E-state index contributed by atoms with van der Waals surface area (Å²) < 4.78 is 48.0. The Kier molecular flexibility index (Phi) is 4.08. The van der Waals surface area contributed by atoms with Crippen molar-refractivity contribution in [2.24, 2.45) is 24.8 Å². The summed E-state index contributed by atoms with van der Waals surface area (Å²) in [6.07, 6.45) is 0. The van der Waals surface area contributed by atoms with Gasteiger partial charge in [0.25, 0.3) is 0 Å². The van der Waals surface area contributed by atoms with Crippen molar-refractivity contribution in [1.29, 1.82) is 0 Å². The zero-order chi connectivity index (χ0) is 19.4. The van der Waals surface area contributed by atoms with E-state index in [1.54, 1.807) is 0 Å². The van der Waals surface area contributed by atoms with Crippen LogP contribution in [-0.4, -0.2) is 34.1 Å². The Bertz CT molecular complexity index is 1040. The molecule has 3 aromatic rings. The number of imidazole rings is 1. The normalized spacial score (nSPS) is 23.9. The Balaban J connectivity index is 1.19. The van der Waals surface area contributed by atoms with Gasteiger partial charge in [0, 0.05) is 26.1 Å². The molecule has 1 saturated heterocycles. The van der Waals surface area contributed by atoms with Crippen molar-refractivity contribution in [2.45, 2.75) is 6.54 Å². The van der Waals surface area contributed by atoms with Crippen molar-refractivity contribution in [3.63, 3.8) is 0 Å². The van der Waals surface area contributed by atoms with Crippen LogP contribution in [-0.2, 0) is 13.6 Å². The van der Waals surface area contributed by atoms with Gasteiger partial charge in [0.2, 0.25) is 5.82 Å². The maximum atomic E-state index is 13.7. The van der Waals surface area contributed by atoms with Gasteiger partial charge in [-0.25, -0.2) is 13.8 Å². The second-order valence-corrected chi connectivity index (χ2v) is 7.74. The molecule has 1 aliphatic heterocycles. The summed E-state index contributed by atoms with van der Waals surface area (Å²) in [5, 5.41) is 0. The van der Waals surface area contributed by atoms with Gasteiger partial charge in [0.15, 0.2) is 17.4 Å². The van der Waals surface area contributed by atoms with Gasteiger partial charge in [-0.1, -0.05) is 12.1 Å². The van der Waals surface area contributed by atoms with E-state index in [4.69, 9.17) is 9.72 Å². The minimum Gasteiger partial charge on any atom is -0.487 e. The molecule has 2 aliphatic rings. The van der Waals surface area contributed by atoms with Crippen LogP contribution in [0.3, 0.4) is 0 Å². The number of para-hydroxylation sites is 2. The van der Waals surface area contributed by atoms with Gasteiger partial charge in [0.1, 0.15) is 5.82 Å². The quantitative estimate of drug-likeness (QED) is 0.625. The summed E-state index contributed by atoms with van der Waals surface area (Å²) in [5.41, 5.74) is 2.11. The standard InChI is InChI=1S/C21H20F3N3O/c1-26-18-5-3-2-4-17(18)25-19(26)10-27-8-12-13(9-27)14(12)11-28-21-16(23)7-6-15(22)20(21)24/h2-7,12-14H,8-11H2,1H3. The highest BCUT2D eigenvalue weighted by atomic mass is 19.2. The number of aryl methyl sites for hydroxylation is 1. The zero-order valence-electron chi connectivity index (χ0n) is 15.4. The second-order valence-electron chi connectivity index (χ2n) is 7.74. The van der Waals surface area contributed by atoms with Crippen molar-refractivity contribution in [2.75, 3.05) is 19.7 Å². The fraction of sp³-hybridized carbons (Fsp3) is 0.381. The Morgan fingerprint density at radius 3 is 2.50 bits per heavy atom. The summed E-state index contributed by atoms with van der Waals surface area (Å²) in [7, 11) is 2.03. The molecule has 1 aliphatic carbocycles. The van der Waals surface area contributed by atoms with Crippen molar-refractivity contribution >= 4 is 11.0 Å². The Hall–Kier alpha value is -2.54. The lowest BCUT2D eigenvalue weighted by Crippen LogP contribution is -2.26. The van der Waals surface area contributed by atoms with E-state index in [1.165, 1.54) is 0 Å². The topological polar surface area (TPSA) is 30.3 Å². The van der Waals surface area contributed by atoms with E-state index < -0.39 is 23.2 Å². The molecular formula is C21H20F3N3O. The molecule has 2 unspecified atom stereocenters. The van der Waals surface area contributed by atoms with Crippen LogP contribution < -0.4 is 4.74 Å². The zero-order valence-corrected chi connectivity index (χ0v) is 15.4. The first kappa shape index (κ1) is 17.6. The lowest BCUT2D eigenvalue weighted by Gasteiger charge is -2.19. The minimum atomic E-state index is -1.26. The van der Waals surface area contributed by atoms with Crippen LogP contribution >= 0.6 is 0 Å². The lowest BCUT2D eigenvalue weighted by atomic mass is 10.2. The Morgan fingerprint density at radius 1 is 1.04 bits per heavy atom. The first-order valence-corrected chi connectivity index (χ1v) is 9.42. The van der Waals surface area contributed by atoms with Crippen molar-refractivity contribution < 1.29 is 17.9 Å². The van der Waals surface area contributed by atoms with Gasteiger partial charge in [0.05, 0.1) is 24.2 Å². The van der Waals surface area contributed by atoms with Gasteiger partial charge in [-0.15, -0.1) is 0 Å². The number of benzene rings is 2. The molecule has 2 heterocycles. The molecule has 2 atom stereocenters. The summed E-state index contributed by atoms with van der Waals surface area (Å²) in [5.74, 6) is -1.63. The summed E-state index contributed by atoms with van der Waals surface area (Å²) in [4.78, 5) is 7.07.